The molecule has 0 fully saturated rings. The van der Waals surface area contributed by atoms with Gasteiger partial charge in [-0.05, 0) is 65.1 Å². The number of anilines is 1. The van der Waals surface area contributed by atoms with Gasteiger partial charge in [-0.2, -0.15) is 0 Å². The van der Waals surface area contributed by atoms with Crippen LogP contribution in [0.3, 0.4) is 0 Å². The number of hydrogen-bond acceptors (Lipinski definition) is 5. The molecule has 0 saturated heterocycles. The summed E-state index contributed by atoms with van der Waals surface area (Å²) in [4.78, 5) is 11.9. The van der Waals surface area contributed by atoms with Crippen molar-refractivity contribution in [2.75, 3.05) is 11.0 Å². The number of halogens is 1. The number of hydrogen-bond donors (Lipinski definition) is 2. The zero-order valence-electron chi connectivity index (χ0n) is 21.2. The summed E-state index contributed by atoms with van der Waals surface area (Å²) >= 11 is 6.23. The first kappa shape index (κ1) is 27.2. The first-order valence-corrected chi connectivity index (χ1v) is 14.1. The molecule has 0 radical (unpaired) electrons. The first-order chi connectivity index (χ1) is 18.0. The molecule has 0 amide bonds. The van der Waals surface area contributed by atoms with Crippen LogP contribution in [0.4, 0.5) is 5.69 Å². The van der Waals surface area contributed by atoms with Gasteiger partial charge in [0.15, 0.2) is 0 Å². The fourth-order valence-corrected chi connectivity index (χ4v) is 5.26. The van der Waals surface area contributed by atoms with Gasteiger partial charge in [0.05, 0.1) is 12.0 Å². The number of pyridine rings is 1. The number of nitrogens with zero attached hydrogens (tertiary/aromatic N) is 2. The highest BCUT2D eigenvalue weighted by Gasteiger charge is 2.21. The second-order valence-corrected chi connectivity index (χ2v) is 11.4. The van der Waals surface area contributed by atoms with E-state index in [0.717, 1.165) is 34.1 Å². The molecule has 0 aliphatic rings. The molecular formula is C29H28ClN3O4S. The van der Waals surface area contributed by atoms with Crippen LogP contribution in [0.15, 0.2) is 95.0 Å². The number of aromatic nitrogens is 1. The summed E-state index contributed by atoms with van der Waals surface area (Å²) in [6.07, 6.45) is 3.17. The molecular weight excluding hydrogens is 522 g/mol. The Balaban J connectivity index is 1.69. The van der Waals surface area contributed by atoms with E-state index in [1.165, 1.54) is 10.6 Å². The van der Waals surface area contributed by atoms with Gasteiger partial charge in [0.25, 0.3) is 0 Å². The lowest BCUT2D eigenvalue weighted by Gasteiger charge is -2.21. The molecule has 1 heterocycles. The van der Waals surface area contributed by atoms with Crippen LogP contribution < -0.4 is 10.3 Å². The Hall–Kier alpha value is -3.88. The van der Waals surface area contributed by atoms with Gasteiger partial charge in [0, 0.05) is 47.9 Å². The highest BCUT2D eigenvalue weighted by Crippen LogP contribution is 2.34. The Labute approximate surface area is 227 Å². The summed E-state index contributed by atoms with van der Waals surface area (Å²) in [5.74, 6) is -0.147. The molecule has 38 heavy (non-hydrogen) atoms. The van der Waals surface area contributed by atoms with E-state index in [1.54, 1.807) is 31.4 Å². The van der Waals surface area contributed by atoms with Crippen molar-refractivity contribution in [3.8, 4) is 11.1 Å². The van der Waals surface area contributed by atoms with Crippen molar-refractivity contribution in [3.63, 3.8) is 0 Å². The minimum absolute atomic E-state index is 0.146. The van der Waals surface area contributed by atoms with E-state index in [-0.39, 0.29) is 11.5 Å². The van der Waals surface area contributed by atoms with Crippen LogP contribution in [-0.4, -0.2) is 30.2 Å². The third-order valence-corrected chi connectivity index (χ3v) is 7.22. The van der Waals surface area contributed by atoms with Gasteiger partial charge in [-0.25, -0.2) is 8.42 Å². The minimum Gasteiger partial charge on any atom is -0.411 e. The van der Waals surface area contributed by atoms with Crippen LogP contribution in [0.2, 0.25) is 5.02 Å². The van der Waals surface area contributed by atoms with E-state index in [2.05, 4.69) is 9.88 Å². The molecule has 2 N–H and O–H groups in total. The Morgan fingerprint density at radius 1 is 1.00 bits per heavy atom. The van der Waals surface area contributed by atoms with Crippen molar-refractivity contribution in [2.45, 2.75) is 19.3 Å². The van der Waals surface area contributed by atoms with Crippen molar-refractivity contribution in [1.29, 1.82) is 0 Å². The predicted molar refractivity (Wildman–Crippen MR) is 153 cm³/mol. The third kappa shape index (κ3) is 6.51. The lowest BCUT2D eigenvalue weighted by atomic mass is 9.83. The van der Waals surface area contributed by atoms with Crippen LogP contribution in [0.5, 0.6) is 0 Å². The molecule has 3 aromatic carbocycles. The summed E-state index contributed by atoms with van der Waals surface area (Å²) < 4.78 is 26.9. The van der Waals surface area contributed by atoms with Gasteiger partial charge < -0.3 is 9.77 Å². The summed E-state index contributed by atoms with van der Waals surface area (Å²) in [6, 6.07) is 24.1. The predicted octanol–water partition coefficient (Wildman–Crippen LogP) is 5.79. The summed E-state index contributed by atoms with van der Waals surface area (Å²) in [6.45, 7) is 2.00. The zero-order valence-corrected chi connectivity index (χ0v) is 22.8. The molecule has 196 valence electrons. The summed E-state index contributed by atoms with van der Waals surface area (Å²) in [5.41, 5.74) is 6.46. The molecule has 9 heteroatoms. The lowest BCUT2D eigenvalue weighted by molar-refractivity contribution is 0.317. The molecule has 1 aromatic heterocycles. The molecule has 4 rings (SSSR count). The average molecular weight is 550 g/mol. The molecule has 0 bridgehead atoms. The molecule has 0 aliphatic heterocycles. The monoisotopic (exact) mass is 549 g/mol. The zero-order chi connectivity index (χ0) is 27.4. The van der Waals surface area contributed by atoms with Crippen molar-refractivity contribution >= 4 is 33.0 Å². The average Bonchev–Trinajstić information content (AvgIpc) is 2.87. The van der Waals surface area contributed by atoms with E-state index in [1.807, 2.05) is 61.5 Å². The lowest BCUT2D eigenvalue weighted by Crippen LogP contribution is -2.18. The molecule has 4 aromatic rings. The van der Waals surface area contributed by atoms with Gasteiger partial charge in [-0.3, -0.25) is 9.52 Å². The fraction of sp³-hybridized carbons (Fsp3) is 0.172. The minimum atomic E-state index is -3.34. The Kier molecular flexibility index (Phi) is 8.04. The van der Waals surface area contributed by atoms with Crippen LogP contribution in [0.25, 0.3) is 11.1 Å². The Morgan fingerprint density at radius 2 is 1.63 bits per heavy atom. The van der Waals surface area contributed by atoms with E-state index < -0.39 is 10.0 Å². The second kappa shape index (κ2) is 11.2. The number of benzene rings is 3. The van der Waals surface area contributed by atoms with Crippen molar-refractivity contribution in [3.05, 3.63) is 123 Å². The smallest absolute Gasteiger partial charge is 0.250 e. The van der Waals surface area contributed by atoms with Crippen LogP contribution in [-0.2, 0) is 17.1 Å². The Bertz CT molecular complexity index is 1640. The molecule has 0 aliphatic carbocycles. The number of nitrogens with one attached hydrogen (secondary N) is 1. The van der Waals surface area contributed by atoms with Crippen LogP contribution >= 0.6 is 11.6 Å². The number of aryl methyl sites for hydroxylation is 2. The summed E-state index contributed by atoms with van der Waals surface area (Å²) in [5, 5.41) is 14.2. The van der Waals surface area contributed by atoms with E-state index >= 15 is 0 Å². The highest BCUT2D eigenvalue weighted by molar-refractivity contribution is 7.92. The number of sulfonamides is 1. The highest BCUT2D eigenvalue weighted by atomic mass is 35.5. The Morgan fingerprint density at radius 3 is 2.18 bits per heavy atom. The van der Waals surface area contributed by atoms with Gasteiger partial charge in [-0.15, -0.1) is 0 Å². The van der Waals surface area contributed by atoms with Crippen molar-refractivity contribution in [2.24, 2.45) is 12.2 Å². The van der Waals surface area contributed by atoms with Gasteiger partial charge in [-0.1, -0.05) is 59.2 Å². The van der Waals surface area contributed by atoms with E-state index in [0.29, 0.717) is 28.4 Å². The quantitative estimate of drug-likeness (QED) is 0.165. The molecule has 0 saturated carbocycles. The second-order valence-electron chi connectivity index (χ2n) is 9.24. The number of oxime groups is 1. The normalized spacial score (nSPS) is 12.8. The largest absolute Gasteiger partial charge is 0.411 e. The van der Waals surface area contributed by atoms with Gasteiger partial charge in [0.2, 0.25) is 15.6 Å². The van der Waals surface area contributed by atoms with Crippen molar-refractivity contribution < 1.29 is 13.6 Å². The maximum atomic E-state index is 11.9. The molecule has 1 atom stereocenters. The van der Waals surface area contributed by atoms with E-state index in [4.69, 9.17) is 11.6 Å². The van der Waals surface area contributed by atoms with Gasteiger partial charge >= 0.3 is 0 Å². The summed E-state index contributed by atoms with van der Waals surface area (Å²) in [7, 11) is -1.69. The SMILES string of the molecule is Cc1cc(Cl)ccc1C(C/C(=N/O)c1ccc(=O)n(C)c1)c1ccc(-c2ccc(NS(C)(=O)=O)cc2)cc1. The van der Waals surface area contributed by atoms with E-state index in [9.17, 15) is 18.4 Å². The third-order valence-electron chi connectivity index (χ3n) is 6.38. The van der Waals surface area contributed by atoms with Crippen molar-refractivity contribution in [1.82, 2.24) is 4.57 Å². The topological polar surface area (TPSA) is 101 Å². The standard InChI is InChI=1S/C29H28ClN3O4S/c1-19-16-24(30)11-14-26(19)27(17-28(31-35)23-10-15-29(34)33(2)18-23)22-6-4-20(5-7-22)21-8-12-25(13-9-21)32-38(3,36)37/h4-16,18,27,32,35H,17H2,1-3H3/b31-28-. The fourth-order valence-electron chi connectivity index (χ4n) is 4.46. The van der Waals surface area contributed by atoms with Crippen LogP contribution in [0, 0.1) is 6.92 Å². The molecule has 0 spiro atoms. The maximum Gasteiger partial charge on any atom is 0.250 e. The number of rotatable bonds is 8. The van der Waals surface area contributed by atoms with Gasteiger partial charge in [0.1, 0.15) is 0 Å². The first-order valence-electron chi connectivity index (χ1n) is 11.9. The van der Waals surface area contributed by atoms with Crippen LogP contribution in [0.1, 0.15) is 34.6 Å². The maximum absolute atomic E-state index is 11.9. The molecule has 1 unspecified atom stereocenters. The molecule has 7 nitrogen and oxygen atoms in total.